The minimum absolute atomic E-state index is 0.307. The lowest BCUT2D eigenvalue weighted by Gasteiger charge is -2.24. The lowest BCUT2D eigenvalue weighted by molar-refractivity contribution is 0.328. The van der Waals surface area contributed by atoms with Crippen molar-refractivity contribution in [3.63, 3.8) is 0 Å². The summed E-state index contributed by atoms with van der Waals surface area (Å²) < 4.78 is 0. The smallest absolute Gasteiger partial charge is 0.0690 e. The van der Waals surface area contributed by atoms with Crippen molar-refractivity contribution in [1.82, 2.24) is 10.6 Å². The molecule has 1 aromatic carbocycles. The number of rotatable bonds is 3. The summed E-state index contributed by atoms with van der Waals surface area (Å²) in [5.74, 6) is 0. The van der Waals surface area contributed by atoms with Crippen molar-refractivity contribution in [3.05, 3.63) is 35.9 Å². The van der Waals surface area contributed by atoms with Crippen LogP contribution in [0.2, 0.25) is 0 Å². The van der Waals surface area contributed by atoms with E-state index in [9.17, 15) is 0 Å². The van der Waals surface area contributed by atoms with Crippen molar-refractivity contribution in [1.29, 1.82) is 0 Å². The fraction of sp³-hybridized carbons (Fsp3) is 0.600. The van der Waals surface area contributed by atoms with Gasteiger partial charge in [-0.25, -0.2) is 0 Å². The van der Waals surface area contributed by atoms with Gasteiger partial charge in [-0.05, 0) is 31.2 Å². The van der Waals surface area contributed by atoms with Crippen LogP contribution in [0, 0.1) is 0 Å². The van der Waals surface area contributed by atoms with Crippen LogP contribution in [0.1, 0.15) is 37.7 Å². The average molecular weight is 230 g/mol. The van der Waals surface area contributed by atoms with E-state index in [0.29, 0.717) is 11.7 Å². The van der Waals surface area contributed by atoms with Gasteiger partial charge >= 0.3 is 0 Å². The summed E-state index contributed by atoms with van der Waals surface area (Å²) in [4.78, 5) is 0. The predicted molar refractivity (Wildman–Crippen MR) is 70.9 cm³/mol. The zero-order valence-corrected chi connectivity index (χ0v) is 10.4. The molecule has 1 aliphatic carbocycles. The number of hydrogen-bond acceptors (Lipinski definition) is 2. The summed E-state index contributed by atoms with van der Waals surface area (Å²) in [5.41, 5.74) is 1.77. The monoisotopic (exact) mass is 230 g/mol. The van der Waals surface area contributed by atoms with E-state index in [1.54, 1.807) is 0 Å². The molecule has 2 aliphatic rings. The van der Waals surface area contributed by atoms with Gasteiger partial charge in [0.15, 0.2) is 0 Å². The zero-order valence-electron chi connectivity index (χ0n) is 10.4. The number of aryl methyl sites for hydroxylation is 1. The van der Waals surface area contributed by atoms with Crippen LogP contribution in [-0.2, 0) is 6.42 Å². The maximum absolute atomic E-state index is 3.83. The third-order valence-electron chi connectivity index (χ3n) is 4.25. The van der Waals surface area contributed by atoms with E-state index >= 15 is 0 Å². The second-order valence-electron chi connectivity index (χ2n) is 5.54. The molecule has 0 unspecified atom stereocenters. The lowest BCUT2D eigenvalue weighted by Crippen LogP contribution is -2.47. The van der Waals surface area contributed by atoms with Gasteiger partial charge in [-0.1, -0.05) is 43.2 Å². The van der Waals surface area contributed by atoms with Crippen LogP contribution in [0.25, 0.3) is 0 Å². The molecule has 0 aromatic heterocycles. The van der Waals surface area contributed by atoms with Crippen molar-refractivity contribution in [2.45, 2.75) is 50.2 Å². The van der Waals surface area contributed by atoms with Crippen molar-refractivity contribution < 1.29 is 0 Å². The Labute approximate surface area is 104 Å². The average Bonchev–Trinajstić information content (AvgIpc) is 2.99. The van der Waals surface area contributed by atoms with Gasteiger partial charge in [-0.2, -0.15) is 0 Å². The molecule has 3 rings (SSSR count). The highest BCUT2D eigenvalue weighted by atomic mass is 15.3. The first-order chi connectivity index (χ1) is 8.36. The van der Waals surface area contributed by atoms with Gasteiger partial charge < -0.3 is 0 Å². The summed E-state index contributed by atoms with van der Waals surface area (Å²) in [6.45, 7) is 1.15. The van der Waals surface area contributed by atoms with Crippen molar-refractivity contribution >= 4 is 0 Å². The fourth-order valence-electron chi connectivity index (χ4n) is 3.27. The molecule has 17 heavy (non-hydrogen) atoms. The van der Waals surface area contributed by atoms with Gasteiger partial charge in [0.1, 0.15) is 0 Å². The second kappa shape index (κ2) is 4.79. The van der Waals surface area contributed by atoms with E-state index < -0.39 is 0 Å². The van der Waals surface area contributed by atoms with E-state index in [0.717, 1.165) is 6.54 Å². The molecular weight excluding hydrogens is 208 g/mol. The molecule has 2 heteroatoms. The molecule has 0 radical (unpaired) electrons. The fourth-order valence-corrected chi connectivity index (χ4v) is 3.27. The third-order valence-corrected chi connectivity index (χ3v) is 4.25. The highest BCUT2D eigenvalue weighted by Crippen LogP contribution is 2.30. The molecule has 1 heterocycles. The summed E-state index contributed by atoms with van der Waals surface area (Å²) in [5, 5.41) is 7.53. The van der Waals surface area contributed by atoms with Gasteiger partial charge in [-0.3, -0.25) is 10.6 Å². The first-order valence-electron chi connectivity index (χ1n) is 6.93. The van der Waals surface area contributed by atoms with Gasteiger partial charge in [0.2, 0.25) is 0 Å². The van der Waals surface area contributed by atoms with Crippen LogP contribution in [0.5, 0.6) is 0 Å². The normalized spacial score (nSPS) is 26.7. The molecule has 92 valence electrons. The van der Waals surface area contributed by atoms with Crippen LogP contribution in [-0.4, -0.2) is 18.2 Å². The minimum atomic E-state index is 0.307. The first-order valence-corrected chi connectivity index (χ1v) is 6.93. The molecule has 1 saturated carbocycles. The standard InChI is InChI=1S/C15H22N2/c1-2-6-13(7-3-1)8-9-14-12-16-15(17-14)10-4-5-11-15/h1-3,6-7,14,16-17H,4-5,8-12H2/t14-/m0/s1. The van der Waals surface area contributed by atoms with E-state index in [-0.39, 0.29) is 0 Å². The Morgan fingerprint density at radius 1 is 1.12 bits per heavy atom. The highest BCUT2D eigenvalue weighted by molar-refractivity contribution is 5.15. The molecule has 2 fully saturated rings. The van der Waals surface area contributed by atoms with E-state index in [1.165, 1.54) is 44.1 Å². The summed E-state index contributed by atoms with van der Waals surface area (Å²) in [6, 6.07) is 11.5. The van der Waals surface area contributed by atoms with Crippen molar-refractivity contribution in [2.24, 2.45) is 0 Å². The Morgan fingerprint density at radius 2 is 1.88 bits per heavy atom. The van der Waals surface area contributed by atoms with E-state index in [2.05, 4.69) is 41.0 Å². The maximum Gasteiger partial charge on any atom is 0.0690 e. The summed E-state index contributed by atoms with van der Waals surface area (Å²) in [7, 11) is 0. The third kappa shape index (κ3) is 2.53. The SMILES string of the molecule is c1ccc(CC[C@H]2CNC3(CCCC3)N2)cc1. The molecule has 0 bridgehead atoms. The second-order valence-corrected chi connectivity index (χ2v) is 5.54. The van der Waals surface area contributed by atoms with E-state index in [4.69, 9.17) is 0 Å². The molecule has 2 N–H and O–H groups in total. The van der Waals surface area contributed by atoms with Gasteiger partial charge in [0.05, 0.1) is 5.66 Å². The van der Waals surface area contributed by atoms with Crippen LogP contribution in [0.3, 0.4) is 0 Å². The Kier molecular flexibility index (Phi) is 3.17. The van der Waals surface area contributed by atoms with Crippen molar-refractivity contribution in [3.8, 4) is 0 Å². The molecule has 0 amide bonds. The molecular formula is C15H22N2. The van der Waals surface area contributed by atoms with Crippen LogP contribution < -0.4 is 10.6 Å². The first kappa shape index (κ1) is 11.2. The number of benzene rings is 1. The van der Waals surface area contributed by atoms with Gasteiger partial charge in [-0.15, -0.1) is 0 Å². The van der Waals surface area contributed by atoms with E-state index in [1.807, 2.05) is 0 Å². The Balaban J connectivity index is 1.51. The van der Waals surface area contributed by atoms with Crippen molar-refractivity contribution in [2.75, 3.05) is 6.54 Å². The number of nitrogens with one attached hydrogen (secondary N) is 2. The minimum Gasteiger partial charge on any atom is -0.298 e. The number of hydrogen-bond donors (Lipinski definition) is 2. The predicted octanol–water partition coefficient (Wildman–Crippen LogP) is 2.45. The lowest BCUT2D eigenvalue weighted by atomic mass is 10.1. The molecule has 1 atom stereocenters. The Hall–Kier alpha value is -0.860. The quantitative estimate of drug-likeness (QED) is 0.833. The molecule has 2 nitrogen and oxygen atoms in total. The summed E-state index contributed by atoms with van der Waals surface area (Å²) >= 11 is 0. The molecule has 1 aliphatic heterocycles. The van der Waals surface area contributed by atoms with Crippen LogP contribution in [0.15, 0.2) is 30.3 Å². The van der Waals surface area contributed by atoms with Gasteiger partial charge in [0.25, 0.3) is 0 Å². The topological polar surface area (TPSA) is 24.1 Å². The Morgan fingerprint density at radius 3 is 2.65 bits per heavy atom. The van der Waals surface area contributed by atoms with Crippen LogP contribution in [0.4, 0.5) is 0 Å². The zero-order chi connectivity index (χ0) is 11.6. The maximum atomic E-state index is 3.83. The largest absolute Gasteiger partial charge is 0.298 e. The molecule has 1 saturated heterocycles. The highest BCUT2D eigenvalue weighted by Gasteiger charge is 2.39. The Bertz CT molecular complexity index is 354. The summed E-state index contributed by atoms with van der Waals surface area (Å²) in [6.07, 6.45) is 7.83. The van der Waals surface area contributed by atoms with Crippen LogP contribution >= 0.6 is 0 Å². The van der Waals surface area contributed by atoms with Gasteiger partial charge in [0, 0.05) is 12.6 Å². The molecule has 1 aromatic rings. The molecule has 1 spiro atoms.